The topological polar surface area (TPSA) is 192 Å². The monoisotopic (exact) mass is 708 g/mol. The average molecular weight is 709 g/mol. The van der Waals surface area contributed by atoms with Crippen LogP contribution < -0.4 is 10.6 Å². The van der Waals surface area contributed by atoms with Gasteiger partial charge in [0.15, 0.2) is 12.6 Å². The van der Waals surface area contributed by atoms with E-state index in [0.29, 0.717) is 0 Å². The average Bonchev–Trinajstić information content (AvgIpc) is 3.10. The second-order valence-corrected chi connectivity index (χ2v) is 12.3. The Bertz CT molecular complexity index is 1050. The predicted octanol–water partition coefficient (Wildman–Crippen LogP) is -2.33. The summed E-state index contributed by atoms with van der Waals surface area (Å²) >= 11 is 0. The van der Waals surface area contributed by atoms with Gasteiger partial charge in [0.2, 0.25) is 0 Å². The highest BCUT2D eigenvalue weighted by molar-refractivity contribution is 5.93. The van der Waals surface area contributed by atoms with Gasteiger partial charge in [-0.1, -0.05) is 0 Å². The van der Waals surface area contributed by atoms with Crippen LogP contribution in [0.4, 0.5) is 0 Å². The molecule has 2 aliphatic heterocycles. The summed E-state index contributed by atoms with van der Waals surface area (Å²) in [6, 6.07) is -2.68. The number of methoxy groups -OCH3 is 9. The maximum Gasteiger partial charge on any atom is 0.296 e. The van der Waals surface area contributed by atoms with Crippen LogP contribution in [-0.4, -0.2) is 191 Å². The largest absolute Gasteiger partial charge is 0.396 e. The summed E-state index contributed by atoms with van der Waals surface area (Å²) in [6.07, 6.45) is -2.84. The highest BCUT2D eigenvalue weighted by Gasteiger charge is 2.61. The standard InChI is InChI=1S/C32H56N2O15/c1-12-19(36)33-29-21(25(42-7)22(40-5)17(13-35)32(29,37)15-39-4)34-20-16(2)47-31(27(44-9)24(20)41-6)49-23-18(14-38-3)48-30(46-11)28(45-10)26(23)43-8/h1,16-18,20-31,34-35,37H,13-15H2,2-11H3,(H,33,36)/t16?,17-,18?,20+,21+,22+,23+,24+,25?,26+,27?,28?,29?,30-,31+,32?/m1/s1. The second kappa shape index (κ2) is 19.3. The van der Waals surface area contributed by atoms with Gasteiger partial charge >= 0.3 is 0 Å². The molecule has 16 atom stereocenters. The zero-order valence-corrected chi connectivity index (χ0v) is 30.1. The number of nitrogens with one attached hydrogen (secondary N) is 2. The highest BCUT2D eigenvalue weighted by Crippen LogP contribution is 2.40. The van der Waals surface area contributed by atoms with E-state index in [1.54, 1.807) is 7.11 Å². The van der Waals surface area contributed by atoms with E-state index in [1.165, 1.54) is 56.9 Å². The minimum absolute atomic E-state index is 0.156. The number of aliphatic hydroxyl groups excluding tert-OH is 1. The summed E-state index contributed by atoms with van der Waals surface area (Å²) < 4.78 is 70.8. The van der Waals surface area contributed by atoms with E-state index in [2.05, 4.69) is 10.6 Å². The summed E-state index contributed by atoms with van der Waals surface area (Å²) in [5.74, 6) is 0.311. The molecule has 0 spiro atoms. The number of carbonyl (C=O) groups is 1. The van der Waals surface area contributed by atoms with E-state index >= 15 is 0 Å². The lowest BCUT2D eigenvalue weighted by molar-refractivity contribution is -0.355. The van der Waals surface area contributed by atoms with E-state index in [0.717, 1.165) is 0 Å². The zero-order chi connectivity index (χ0) is 36.5. The van der Waals surface area contributed by atoms with Crippen LogP contribution in [0.1, 0.15) is 6.92 Å². The SMILES string of the molecule is C#CC(=O)NC1[C@@H](N[C@H]2C(C)O[C@@H](O[C@H]3C(COC)O[C@@H](OC)C(OC)[C@H]3OC)C(OC)[C@H]2OC)C(OC)[C@@H](OC)[C@@H](CO)C1(O)COC. The highest BCUT2D eigenvalue weighted by atomic mass is 16.8. The van der Waals surface area contributed by atoms with Crippen molar-refractivity contribution in [3.8, 4) is 12.3 Å². The molecule has 1 aliphatic carbocycles. The molecule has 3 aliphatic rings. The molecule has 7 unspecified atom stereocenters. The minimum atomic E-state index is -1.86. The lowest BCUT2D eigenvalue weighted by Crippen LogP contribution is -2.80. The zero-order valence-electron chi connectivity index (χ0n) is 30.1. The van der Waals surface area contributed by atoms with Gasteiger partial charge in [0.05, 0.1) is 50.2 Å². The van der Waals surface area contributed by atoms with Crippen LogP contribution in [0.15, 0.2) is 0 Å². The van der Waals surface area contributed by atoms with Gasteiger partial charge < -0.3 is 77.7 Å². The molecule has 1 saturated carbocycles. The number of aliphatic hydroxyl groups is 2. The van der Waals surface area contributed by atoms with Crippen molar-refractivity contribution >= 4 is 5.91 Å². The molecule has 2 saturated heterocycles. The Balaban J connectivity index is 2.01. The van der Waals surface area contributed by atoms with Crippen LogP contribution in [0.5, 0.6) is 0 Å². The van der Waals surface area contributed by atoms with Crippen molar-refractivity contribution in [2.45, 2.75) is 98.2 Å². The molecule has 0 aromatic heterocycles. The number of hydrogen-bond acceptors (Lipinski definition) is 16. The predicted molar refractivity (Wildman–Crippen MR) is 170 cm³/mol. The maximum atomic E-state index is 12.7. The molecule has 3 fully saturated rings. The molecule has 0 aromatic rings. The summed E-state index contributed by atoms with van der Waals surface area (Å²) in [5, 5.41) is 28.8. The molecule has 4 N–H and O–H groups in total. The quantitative estimate of drug-likeness (QED) is 0.118. The lowest BCUT2D eigenvalue weighted by Gasteiger charge is -2.56. The number of hydrogen-bond donors (Lipinski definition) is 4. The fourth-order valence-electron chi connectivity index (χ4n) is 7.60. The normalized spacial score (nSPS) is 42.8. The fourth-order valence-corrected chi connectivity index (χ4v) is 7.60. The van der Waals surface area contributed by atoms with Gasteiger partial charge in [0.1, 0.15) is 48.3 Å². The first-order valence-electron chi connectivity index (χ1n) is 16.0. The van der Waals surface area contributed by atoms with E-state index in [9.17, 15) is 15.0 Å². The van der Waals surface area contributed by atoms with E-state index in [4.69, 9.17) is 63.3 Å². The van der Waals surface area contributed by atoms with Crippen LogP contribution in [0.25, 0.3) is 0 Å². The Morgan fingerprint density at radius 3 is 1.82 bits per heavy atom. The maximum absolute atomic E-state index is 12.7. The molecule has 0 aromatic carbocycles. The molecule has 49 heavy (non-hydrogen) atoms. The number of amides is 1. The Morgan fingerprint density at radius 2 is 1.33 bits per heavy atom. The van der Waals surface area contributed by atoms with Crippen LogP contribution in [0, 0.1) is 18.3 Å². The summed E-state index contributed by atoms with van der Waals surface area (Å²) in [4.78, 5) is 12.7. The van der Waals surface area contributed by atoms with Gasteiger partial charge in [0.25, 0.3) is 5.91 Å². The van der Waals surface area contributed by atoms with Crippen LogP contribution in [-0.2, 0) is 61.6 Å². The van der Waals surface area contributed by atoms with Crippen LogP contribution >= 0.6 is 0 Å². The van der Waals surface area contributed by atoms with Crippen molar-refractivity contribution in [1.82, 2.24) is 10.6 Å². The molecular weight excluding hydrogens is 652 g/mol. The van der Waals surface area contributed by atoms with Crippen molar-refractivity contribution < 1.29 is 71.8 Å². The van der Waals surface area contributed by atoms with Crippen LogP contribution in [0.3, 0.4) is 0 Å². The smallest absolute Gasteiger partial charge is 0.296 e. The molecule has 2 heterocycles. The van der Waals surface area contributed by atoms with Gasteiger partial charge in [-0.05, 0) is 12.8 Å². The van der Waals surface area contributed by atoms with Gasteiger partial charge in [0, 0.05) is 69.9 Å². The first-order chi connectivity index (χ1) is 23.5. The van der Waals surface area contributed by atoms with Crippen molar-refractivity contribution in [2.75, 3.05) is 83.8 Å². The van der Waals surface area contributed by atoms with E-state index in [1.807, 2.05) is 12.8 Å². The molecule has 1 amide bonds. The number of carbonyl (C=O) groups excluding carboxylic acids is 1. The molecular formula is C32H56N2O15. The Hall–Kier alpha value is -1.57. The van der Waals surface area contributed by atoms with Crippen molar-refractivity contribution in [1.29, 1.82) is 0 Å². The lowest BCUT2D eigenvalue weighted by atomic mass is 9.66. The van der Waals surface area contributed by atoms with Crippen LogP contribution in [0.2, 0.25) is 0 Å². The third-order valence-electron chi connectivity index (χ3n) is 9.87. The number of terminal acetylenes is 1. The molecule has 0 bridgehead atoms. The number of ether oxygens (including phenoxy) is 12. The van der Waals surface area contributed by atoms with Crippen molar-refractivity contribution in [2.24, 2.45) is 5.92 Å². The summed E-state index contributed by atoms with van der Waals surface area (Å²) in [6.45, 7) is 1.19. The first-order valence-corrected chi connectivity index (χ1v) is 16.0. The number of rotatable bonds is 17. The minimum Gasteiger partial charge on any atom is -0.396 e. The van der Waals surface area contributed by atoms with Gasteiger partial charge in [-0.2, -0.15) is 0 Å². The molecule has 0 radical (unpaired) electrons. The van der Waals surface area contributed by atoms with Gasteiger partial charge in [-0.25, -0.2) is 0 Å². The first kappa shape index (κ1) is 41.8. The Kier molecular flexibility index (Phi) is 16.5. The molecule has 3 rings (SSSR count). The van der Waals surface area contributed by atoms with Gasteiger partial charge in [-0.15, -0.1) is 6.42 Å². The Morgan fingerprint density at radius 1 is 0.755 bits per heavy atom. The summed E-state index contributed by atoms with van der Waals surface area (Å²) in [5.41, 5.74) is -1.86. The van der Waals surface area contributed by atoms with Gasteiger partial charge in [-0.3, -0.25) is 4.79 Å². The van der Waals surface area contributed by atoms with E-state index < -0.39 is 110 Å². The van der Waals surface area contributed by atoms with Crippen molar-refractivity contribution in [3.63, 3.8) is 0 Å². The Labute approximate surface area is 288 Å². The van der Waals surface area contributed by atoms with Crippen molar-refractivity contribution in [3.05, 3.63) is 0 Å². The third-order valence-corrected chi connectivity index (χ3v) is 9.87. The molecule has 284 valence electrons. The van der Waals surface area contributed by atoms with E-state index in [-0.39, 0.29) is 13.2 Å². The third kappa shape index (κ3) is 8.57. The molecule has 17 nitrogen and oxygen atoms in total. The summed E-state index contributed by atoms with van der Waals surface area (Å²) in [7, 11) is 13.4. The second-order valence-electron chi connectivity index (χ2n) is 12.3. The fraction of sp³-hybridized carbons (Fsp3) is 0.906. The molecule has 17 heteroatoms.